The van der Waals surface area contributed by atoms with Crippen molar-refractivity contribution in [3.63, 3.8) is 0 Å². The number of aromatic nitrogens is 26. The molecule has 0 saturated carbocycles. The molecule has 130 heavy (non-hydrogen) atoms. The molecule has 0 aromatic carbocycles. The maximum absolute atomic E-state index is 5.01. The largest absolute Gasteiger partial charge is 0.243 e. The van der Waals surface area contributed by atoms with E-state index in [-0.39, 0.29) is 0 Å². The van der Waals surface area contributed by atoms with Gasteiger partial charge < -0.3 is 0 Å². The molecule has 52 heteroatoms. The highest BCUT2D eigenvalue weighted by molar-refractivity contribution is 7.24. The number of rotatable bonds is 25. The molecule has 0 atom stereocenters. The first kappa shape index (κ1) is 81.2. The highest BCUT2D eigenvalue weighted by Crippen LogP contribution is 2.47. The number of hydrogen-bond acceptors (Lipinski definition) is 52. The van der Waals surface area contributed by atoms with E-state index in [4.69, 9.17) is 120 Å². The lowest BCUT2D eigenvalue weighted by atomic mass is 10.4. The minimum Gasteiger partial charge on any atom is -0.243 e. The summed E-state index contributed by atoms with van der Waals surface area (Å²) in [7, 11) is 0. The minimum absolute atomic E-state index is 0.784. The van der Waals surface area contributed by atoms with Gasteiger partial charge in [0.1, 0.15) is 268 Å². The lowest BCUT2D eigenvalue weighted by Gasteiger charge is -1.91. The fourth-order valence-corrected chi connectivity index (χ4v) is 33.8. The smallest absolute Gasteiger partial charge is 0.143 e. The van der Waals surface area contributed by atoms with E-state index < -0.39 is 0 Å². The van der Waals surface area contributed by atoms with Crippen molar-refractivity contribution in [2.24, 2.45) is 0 Å². The second-order valence-corrected chi connectivity index (χ2v) is 48.8. The summed E-state index contributed by atoms with van der Waals surface area (Å²) in [5.41, 5.74) is 21.9. The SMILES string of the molecule is c1csc(-c2csc(-c3csc(-c4csc(-c5csc(-c6csc(-c7csc(-c8csc(-c9csc(-c%10csc(-c%11csc(-c%12csc(-c%13csc(-c%14csc(-c%15csc(-c%16csc(-c%17csc(-c%18csc(-c%19csc(-c%20csc(-c%21csc(-c%22csc(-c%23csc(-c%24csc(-c%25csc(-c%26cscn%26)n%25)n%24)n%23)n%22)n%21)n%20)n%19)n%18)n%17)n%16)n%15)n%14)n%13)n%12)n%11)n%10)n9)n8)n7)n6)n5)n4)n3)n2)n1. The normalized spacial score (nSPS) is 11.8. The van der Waals surface area contributed by atoms with Crippen LogP contribution in [-0.2, 0) is 0 Å². The molecule has 0 aliphatic heterocycles. The molecular formula is C78H28N26S26. The highest BCUT2D eigenvalue weighted by atomic mass is 32.2. The van der Waals surface area contributed by atoms with Gasteiger partial charge in [-0.1, -0.05) is 0 Å². The van der Waals surface area contributed by atoms with Crippen molar-refractivity contribution < 1.29 is 0 Å². The second kappa shape index (κ2) is 34.4. The third kappa shape index (κ3) is 15.9. The molecule has 26 aromatic heterocycles. The van der Waals surface area contributed by atoms with Gasteiger partial charge in [0.2, 0.25) is 0 Å². The minimum atomic E-state index is 0.784. The molecule has 0 aliphatic carbocycles. The number of thiazole rings is 26. The van der Waals surface area contributed by atoms with Crippen molar-refractivity contribution in [1.82, 2.24) is 130 Å². The van der Waals surface area contributed by atoms with Crippen LogP contribution in [0.4, 0.5) is 0 Å². The number of nitrogens with zero attached hydrogens (tertiary/aromatic N) is 26. The van der Waals surface area contributed by atoms with Gasteiger partial charge in [0.05, 0.1) is 5.51 Å². The highest BCUT2D eigenvalue weighted by Gasteiger charge is 2.27. The first-order valence-electron chi connectivity index (χ1n) is 37.0. The first-order valence-corrected chi connectivity index (χ1v) is 59.9. The van der Waals surface area contributed by atoms with E-state index in [1.807, 2.05) is 145 Å². The fourth-order valence-electron chi connectivity index (χ4n) is 12.4. The molecule has 0 aliphatic rings. The third-order valence-electron chi connectivity index (χ3n) is 18.4. The Balaban J connectivity index is 0.351. The Bertz CT molecular complexity index is 7800. The summed E-state index contributed by atoms with van der Waals surface area (Å²) in [6, 6.07) is 0. The average molecular weight is 2160 g/mol. The van der Waals surface area contributed by atoms with E-state index in [0.717, 1.165) is 268 Å². The molecule has 0 fully saturated rings. The van der Waals surface area contributed by atoms with Gasteiger partial charge in [0.25, 0.3) is 0 Å². The van der Waals surface area contributed by atoms with Crippen molar-refractivity contribution in [2.45, 2.75) is 0 Å². The lowest BCUT2D eigenvalue weighted by Crippen LogP contribution is -1.83. The molecular weight excluding hydrogens is 2130 g/mol. The standard InChI is InChI=1S/C78H28N26S26/c1-2-106-54(79-1)30-4-108-56(81-30)32-6-110-58(83-32)34-8-112-60(85-34)36-10-114-62(87-36)38-12-116-64(89-38)40-14-118-66(91-40)42-16-120-68(93-42)44-18-122-70(95-44)46-20-124-72(97-46)48-22-126-74(99-48)50-24-128-76(101-50)52-26-130-78(103-52)53-27-129-77(104-53)51-25-127-75(102-51)49-23-125-73(100-49)47-21-123-71(98-47)45-19-121-69(96-45)43-17-119-67(94-43)41-15-117-65(92-41)39-13-115-63(90-39)37-11-113-61(88-37)35-9-111-59(86-35)33-7-109-57(84-33)31-5-107-55(82-31)29-3-105-28-80-29/h1-28H. The molecule has 0 radical (unpaired) electrons. The molecule has 26 aromatic rings. The molecule has 0 bridgehead atoms. The molecule has 0 spiro atoms. The quantitative estimate of drug-likeness (QED) is 0.0513. The van der Waals surface area contributed by atoms with E-state index in [1.54, 1.807) is 165 Å². The Morgan fingerprint density at radius 1 is 0.108 bits per heavy atom. The monoisotopic (exact) mass is 2160 g/mol. The predicted molar refractivity (Wildman–Crippen MR) is 550 cm³/mol. The third-order valence-corrected chi connectivity index (χ3v) is 40.6. The molecule has 26 heterocycles. The van der Waals surface area contributed by atoms with Crippen LogP contribution in [0, 0.1) is 0 Å². The van der Waals surface area contributed by atoms with E-state index >= 15 is 0 Å². The fraction of sp³-hybridized carbons (Fsp3) is 0. The van der Waals surface area contributed by atoms with E-state index in [0.29, 0.717) is 0 Å². The van der Waals surface area contributed by atoms with Gasteiger partial charge in [-0.05, 0) is 0 Å². The Morgan fingerprint density at radius 2 is 0.223 bits per heavy atom. The molecule has 0 amide bonds. The molecule has 0 saturated heterocycles. The Labute approximate surface area is 832 Å². The van der Waals surface area contributed by atoms with Crippen molar-refractivity contribution in [3.8, 4) is 268 Å². The van der Waals surface area contributed by atoms with Crippen LogP contribution in [-0.4, -0.2) is 130 Å². The summed E-state index contributed by atoms with van der Waals surface area (Å²) in [5, 5.41) is 73.2. The van der Waals surface area contributed by atoms with Gasteiger partial charge in [-0.15, -0.1) is 295 Å². The van der Waals surface area contributed by atoms with Crippen LogP contribution in [0.1, 0.15) is 0 Å². The van der Waals surface area contributed by atoms with E-state index in [1.165, 1.54) is 136 Å². The van der Waals surface area contributed by atoms with Gasteiger partial charge in [0, 0.05) is 146 Å². The summed E-state index contributed by atoms with van der Waals surface area (Å²) in [6.07, 6.45) is 1.79. The summed E-state index contributed by atoms with van der Waals surface area (Å²) in [5.74, 6) is 0. The van der Waals surface area contributed by atoms with Crippen LogP contribution in [0.25, 0.3) is 268 Å². The predicted octanol–water partition coefficient (Wildman–Crippen LogP) is 29.2. The molecule has 0 unspecified atom stereocenters. The Morgan fingerprint density at radius 3 is 0.323 bits per heavy atom. The van der Waals surface area contributed by atoms with Crippen LogP contribution < -0.4 is 0 Å². The lowest BCUT2D eigenvalue weighted by molar-refractivity contribution is 1.28. The molecule has 26 rings (SSSR count). The maximum atomic E-state index is 5.01. The summed E-state index contributed by atoms with van der Waals surface area (Å²) in [4.78, 5) is 128. The van der Waals surface area contributed by atoms with Gasteiger partial charge in [0.15, 0.2) is 0 Å². The van der Waals surface area contributed by atoms with Crippen molar-refractivity contribution in [1.29, 1.82) is 0 Å². The zero-order valence-corrected chi connectivity index (χ0v) is 84.6. The number of hydrogen-bond donors (Lipinski definition) is 0. The van der Waals surface area contributed by atoms with E-state index in [2.05, 4.69) is 9.97 Å². The first-order chi connectivity index (χ1) is 64.2. The Hall–Kier alpha value is -9.62. The van der Waals surface area contributed by atoms with Crippen LogP contribution in [0.2, 0.25) is 0 Å². The van der Waals surface area contributed by atoms with Crippen LogP contribution in [0.3, 0.4) is 0 Å². The van der Waals surface area contributed by atoms with Gasteiger partial charge in [-0.25, -0.2) is 130 Å². The Kier molecular flexibility index (Phi) is 21.5. The van der Waals surface area contributed by atoms with Crippen molar-refractivity contribution >= 4 is 295 Å². The average Bonchev–Trinajstić information content (AvgIpc) is 1.65. The van der Waals surface area contributed by atoms with Gasteiger partial charge in [-0.2, -0.15) is 0 Å². The van der Waals surface area contributed by atoms with Crippen LogP contribution in [0.15, 0.2) is 152 Å². The zero-order valence-electron chi connectivity index (χ0n) is 63.4. The second-order valence-electron chi connectivity index (χ2n) is 26.6. The van der Waals surface area contributed by atoms with Crippen LogP contribution in [0.5, 0.6) is 0 Å². The van der Waals surface area contributed by atoms with Crippen LogP contribution >= 0.6 is 295 Å². The summed E-state index contributed by atoms with van der Waals surface area (Å²) in [6.45, 7) is 0. The van der Waals surface area contributed by atoms with E-state index in [9.17, 15) is 0 Å². The summed E-state index contributed by atoms with van der Waals surface area (Å²) >= 11 is 40.2. The molecule has 26 nitrogen and oxygen atoms in total. The van der Waals surface area contributed by atoms with Crippen molar-refractivity contribution in [2.75, 3.05) is 0 Å². The maximum Gasteiger partial charge on any atom is 0.143 e. The summed E-state index contributed by atoms with van der Waals surface area (Å²) < 4.78 is 0. The molecule has 0 N–H and O–H groups in total. The zero-order chi connectivity index (χ0) is 85.4. The topological polar surface area (TPSA) is 335 Å². The van der Waals surface area contributed by atoms with Gasteiger partial charge >= 0.3 is 0 Å². The van der Waals surface area contributed by atoms with Crippen molar-refractivity contribution in [3.05, 3.63) is 152 Å². The molecule has 626 valence electrons. The van der Waals surface area contributed by atoms with Gasteiger partial charge in [-0.3, -0.25) is 0 Å².